The lowest BCUT2D eigenvalue weighted by Gasteiger charge is -2.26. The lowest BCUT2D eigenvalue weighted by molar-refractivity contribution is 0.0471. The summed E-state index contributed by atoms with van der Waals surface area (Å²) in [5.41, 5.74) is 3.64. The van der Waals surface area contributed by atoms with Crippen molar-refractivity contribution in [2.45, 2.75) is 58.1 Å². The van der Waals surface area contributed by atoms with Gasteiger partial charge in [0.15, 0.2) is 0 Å². The number of aryl methyl sites for hydroxylation is 2. The van der Waals surface area contributed by atoms with E-state index in [2.05, 4.69) is 37.4 Å². The van der Waals surface area contributed by atoms with E-state index in [1.807, 2.05) is 6.92 Å². The zero-order chi connectivity index (χ0) is 13.2. The van der Waals surface area contributed by atoms with Gasteiger partial charge in [-0.2, -0.15) is 0 Å². The Balaban J connectivity index is 1.99. The summed E-state index contributed by atoms with van der Waals surface area (Å²) >= 11 is 0. The van der Waals surface area contributed by atoms with Crippen LogP contribution in [0.1, 0.15) is 55.8 Å². The first-order valence-electron chi connectivity index (χ1n) is 7.07. The molecule has 1 aromatic carbocycles. The van der Waals surface area contributed by atoms with Gasteiger partial charge in [0.25, 0.3) is 0 Å². The standard InChI is InChI=1S/C16H25NO/c1-4-9-16(3,18)11-17-15-8-7-13-6-5-12(2)10-14(13)15/h5-6,10,15,17-18H,4,7-9,11H2,1-3H3. The highest BCUT2D eigenvalue weighted by molar-refractivity contribution is 5.37. The van der Waals surface area contributed by atoms with Gasteiger partial charge in [0.05, 0.1) is 5.60 Å². The topological polar surface area (TPSA) is 32.3 Å². The third-order valence-corrected chi connectivity index (χ3v) is 3.90. The molecule has 1 aromatic rings. The van der Waals surface area contributed by atoms with Crippen molar-refractivity contribution in [1.82, 2.24) is 5.32 Å². The minimum atomic E-state index is -0.582. The number of aliphatic hydroxyl groups is 1. The predicted octanol–water partition coefficient (Wildman–Crippen LogP) is 3.12. The maximum absolute atomic E-state index is 10.2. The van der Waals surface area contributed by atoms with E-state index in [1.54, 1.807) is 0 Å². The van der Waals surface area contributed by atoms with Crippen molar-refractivity contribution in [3.8, 4) is 0 Å². The second kappa shape index (κ2) is 5.41. The van der Waals surface area contributed by atoms with Crippen molar-refractivity contribution in [1.29, 1.82) is 0 Å². The molecular formula is C16H25NO. The Kier molecular flexibility index (Phi) is 4.08. The van der Waals surface area contributed by atoms with E-state index in [4.69, 9.17) is 0 Å². The van der Waals surface area contributed by atoms with Crippen LogP contribution in [0.3, 0.4) is 0 Å². The predicted molar refractivity (Wildman–Crippen MR) is 75.8 cm³/mol. The number of nitrogens with one attached hydrogen (secondary N) is 1. The van der Waals surface area contributed by atoms with E-state index in [0.29, 0.717) is 12.6 Å². The van der Waals surface area contributed by atoms with Gasteiger partial charge >= 0.3 is 0 Å². The molecule has 0 heterocycles. The van der Waals surface area contributed by atoms with Crippen molar-refractivity contribution in [3.63, 3.8) is 0 Å². The van der Waals surface area contributed by atoms with Crippen molar-refractivity contribution >= 4 is 0 Å². The maximum Gasteiger partial charge on any atom is 0.0743 e. The van der Waals surface area contributed by atoms with Crippen LogP contribution in [-0.4, -0.2) is 17.3 Å². The molecule has 2 unspecified atom stereocenters. The third kappa shape index (κ3) is 3.12. The average Bonchev–Trinajstić information content (AvgIpc) is 2.69. The second-order valence-corrected chi connectivity index (χ2v) is 5.92. The van der Waals surface area contributed by atoms with E-state index >= 15 is 0 Å². The monoisotopic (exact) mass is 247 g/mol. The van der Waals surface area contributed by atoms with Crippen molar-refractivity contribution in [3.05, 3.63) is 34.9 Å². The van der Waals surface area contributed by atoms with Gasteiger partial charge in [0, 0.05) is 12.6 Å². The molecule has 0 radical (unpaired) electrons. The number of rotatable bonds is 5. The van der Waals surface area contributed by atoms with Crippen molar-refractivity contribution in [2.24, 2.45) is 0 Å². The molecule has 0 saturated heterocycles. The highest BCUT2D eigenvalue weighted by Gasteiger charge is 2.25. The van der Waals surface area contributed by atoms with Gasteiger partial charge in [-0.25, -0.2) is 0 Å². The molecule has 1 aliphatic carbocycles. The number of hydrogen-bond acceptors (Lipinski definition) is 2. The molecule has 2 atom stereocenters. The van der Waals surface area contributed by atoms with E-state index in [0.717, 1.165) is 25.7 Å². The minimum absolute atomic E-state index is 0.420. The molecule has 0 aromatic heterocycles. The summed E-state index contributed by atoms with van der Waals surface area (Å²) in [6, 6.07) is 7.14. The van der Waals surface area contributed by atoms with Crippen LogP contribution >= 0.6 is 0 Å². The summed E-state index contributed by atoms with van der Waals surface area (Å²) in [6.45, 7) is 6.86. The first-order valence-corrected chi connectivity index (χ1v) is 7.07. The Morgan fingerprint density at radius 3 is 2.94 bits per heavy atom. The van der Waals surface area contributed by atoms with Gasteiger partial charge in [-0.1, -0.05) is 37.1 Å². The summed E-state index contributed by atoms with van der Waals surface area (Å²) in [6.07, 6.45) is 4.19. The van der Waals surface area contributed by atoms with Crippen LogP contribution in [0.5, 0.6) is 0 Å². The Labute approximate surface area is 110 Å². The molecule has 2 N–H and O–H groups in total. The minimum Gasteiger partial charge on any atom is -0.389 e. The van der Waals surface area contributed by atoms with Crippen LogP contribution in [0.15, 0.2) is 18.2 Å². The summed E-state index contributed by atoms with van der Waals surface area (Å²) in [7, 11) is 0. The second-order valence-electron chi connectivity index (χ2n) is 5.92. The Morgan fingerprint density at radius 2 is 2.22 bits per heavy atom. The van der Waals surface area contributed by atoms with Crippen LogP contribution in [0.4, 0.5) is 0 Å². The van der Waals surface area contributed by atoms with Crippen LogP contribution in [0.25, 0.3) is 0 Å². The molecule has 0 amide bonds. The Morgan fingerprint density at radius 1 is 1.44 bits per heavy atom. The first kappa shape index (κ1) is 13.6. The van der Waals surface area contributed by atoms with Crippen molar-refractivity contribution in [2.75, 3.05) is 6.54 Å². The van der Waals surface area contributed by atoms with Gasteiger partial charge in [0.1, 0.15) is 0 Å². The zero-order valence-corrected chi connectivity index (χ0v) is 11.8. The van der Waals surface area contributed by atoms with Gasteiger partial charge in [-0.05, 0) is 44.2 Å². The highest BCUT2D eigenvalue weighted by Crippen LogP contribution is 2.32. The van der Waals surface area contributed by atoms with Gasteiger partial charge in [-0.3, -0.25) is 0 Å². The number of benzene rings is 1. The van der Waals surface area contributed by atoms with Crippen LogP contribution in [0, 0.1) is 6.92 Å². The Bertz CT molecular complexity index is 412. The molecule has 2 rings (SSSR count). The van der Waals surface area contributed by atoms with Gasteiger partial charge in [-0.15, -0.1) is 0 Å². The average molecular weight is 247 g/mol. The van der Waals surface area contributed by atoms with E-state index < -0.39 is 5.60 Å². The first-order chi connectivity index (χ1) is 8.52. The molecule has 0 spiro atoms. The largest absolute Gasteiger partial charge is 0.389 e. The SMILES string of the molecule is CCCC(C)(O)CNC1CCc2ccc(C)cc21. The van der Waals surface area contributed by atoms with Gasteiger partial charge in [0.2, 0.25) is 0 Å². The molecule has 0 bridgehead atoms. The molecule has 1 aliphatic rings. The zero-order valence-electron chi connectivity index (χ0n) is 11.8. The van der Waals surface area contributed by atoms with Crippen LogP contribution < -0.4 is 5.32 Å². The number of fused-ring (bicyclic) bond motifs is 1. The molecule has 2 nitrogen and oxygen atoms in total. The Hall–Kier alpha value is -0.860. The van der Waals surface area contributed by atoms with E-state index in [1.165, 1.54) is 16.7 Å². The molecule has 2 heteroatoms. The molecule has 0 saturated carbocycles. The molecule has 0 aliphatic heterocycles. The third-order valence-electron chi connectivity index (χ3n) is 3.90. The van der Waals surface area contributed by atoms with E-state index in [9.17, 15) is 5.11 Å². The normalized spacial score (nSPS) is 21.7. The summed E-state index contributed by atoms with van der Waals surface area (Å²) in [4.78, 5) is 0. The fraction of sp³-hybridized carbons (Fsp3) is 0.625. The molecular weight excluding hydrogens is 222 g/mol. The highest BCUT2D eigenvalue weighted by atomic mass is 16.3. The van der Waals surface area contributed by atoms with Crippen LogP contribution in [-0.2, 0) is 6.42 Å². The van der Waals surface area contributed by atoms with Crippen molar-refractivity contribution < 1.29 is 5.11 Å². The van der Waals surface area contributed by atoms with E-state index in [-0.39, 0.29) is 0 Å². The molecule has 18 heavy (non-hydrogen) atoms. The quantitative estimate of drug-likeness (QED) is 0.838. The lowest BCUT2D eigenvalue weighted by Crippen LogP contribution is -2.38. The van der Waals surface area contributed by atoms with Gasteiger partial charge < -0.3 is 10.4 Å². The smallest absolute Gasteiger partial charge is 0.0743 e. The summed E-state index contributed by atoms with van der Waals surface area (Å²) < 4.78 is 0. The fourth-order valence-electron chi connectivity index (χ4n) is 2.90. The summed E-state index contributed by atoms with van der Waals surface area (Å²) in [5.74, 6) is 0. The maximum atomic E-state index is 10.2. The number of hydrogen-bond donors (Lipinski definition) is 2. The van der Waals surface area contributed by atoms with Crippen LogP contribution in [0.2, 0.25) is 0 Å². The fourth-order valence-corrected chi connectivity index (χ4v) is 2.90. The lowest BCUT2D eigenvalue weighted by atomic mass is 9.99. The molecule has 100 valence electrons. The summed E-state index contributed by atoms with van der Waals surface area (Å²) in [5, 5.41) is 13.8. The molecule has 0 fully saturated rings.